The van der Waals surface area contributed by atoms with Crippen LogP contribution < -0.4 is 5.73 Å². The van der Waals surface area contributed by atoms with Crippen molar-refractivity contribution < 1.29 is 4.74 Å². The third kappa shape index (κ3) is 3.47. The largest absolute Gasteiger partial charge is 0.382 e. The maximum Gasteiger partial charge on any atom is 0.111 e. The number of benzene rings is 1. The van der Waals surface area contributed by atoms with Crippen LogP contribution >= 0.6 is 11.6 Å². The molecule has 0 fully saturated rings. The molecule has 0 radical (unpaired) electrons. The molecule has 2 N–H and O–H groups in total. The van der Waals surface area contributed by atoms with Crippen LogP contribution in [-0.4, -0.2) is 29.3 Å². The highest BCUT2D eigenvalue weighted by Crippen LogP contribution is 2.21. The molecule has 1 aromatic heterocycles. The predicted octanol–water partition coefficient (Wildman–Crippen LogP) is 2.62. The third-order valence-corrected chi connectivity index (χ3v) is 3.27. The molecule has 0 saturated heterocycles. The molecular weight excluding hydrogens is 262 g/mol. The first-order valence-corrected chi connectivity index (χ1v) is 7.06. The fraction of sp³-hybridized carbons (Fsp3) is 0.500. The number of aryl methyl sites for hydroxylation is 1. The molecule has 0 aliphatic rings. The average molecular weight is 282 g/mol. The van der Waals surface area contributed by atoms with Crippen molar-refractivity contribution in [2.75, 3.05) is 19.8 Å². The summed E-state index contributed by atoms with van der Waals surface area (Å²) in [5.74, 6) is 1.02. The summed E-state index contributed by atoms with van der Waals surface area (Å²) in [5, 5.41) is 0.714. The predicted molar refractivity (Wildman–Crippen MR) is 78.6 cm³/mol. The van der Waals surface area contributed by atoms with Gasteiger partial charge >= 0.3 is 0 Å². The van der Waals surface area contributed by atoms with Crippen molar-refractivity contribution >= 4 is 22.6 Å². The first-order valence-electron chi connectivity index (χ1n) is 6.68. The van der Waals surface area contributed by atoms with E-state index in [-0.39, 0.29) is 0 Å². The van der Waals surface area contributed by atoms with Gasteiger partial charge in [-0.05, 0) is 38.1 Å². The Morgan fingerprint density at radius 1 is 1.42 bits per heavy atom. The van der Waals surface area contributed by atoms with E-state index in [0.29, 0.717) is 11.6 Å². The summed E-state index contributed by atoms with van der Waals surface area (Å²) in [5.41, 5.74) is 7.71. The number of rotatable bonds is 7. The minimum atomic E-state index is 0.600. The van der Waals surface area contributed by atoms with Crippen molar-refractivity contribution in [3.8, 4) is 0 Å². The van der Waals surface area contributed by atoms with E-state index in [1.807, 2.05) is 25.1 Å². The molecule has 0 spiro atoms. The van der Waals surface area contributed by atoms with Crippen molar-refractivity contribution in [3.63, 3.8) is 0 Å². The molecular formula is C14H20ClN3O. The van der Waals surface area contributed by atoms with Gasteiger partial charge in [-0.3, -0.25) is 0 Å². The smallest absolute Gasteiger partial charge is 0.111 e. The summed E-state index contributed by atoms with van der Waals surface area (Å²) >= 11 is 6.01. The first kappa shape index (κ1) is 14.3. The van der Waals surface area contributed by atoms with Crippen molar-refractivity contribution in [2.24, 2.45) is 5.73 Å². The zero-order valence-corrected chi connectivity index (χ0v) is 12.0. The van der Waals surface area contributed by atoms with E-state index in [9.17, 15) is 0 Å². The Hall–Kier alpha value is -1.10. The number of fused-ring (bicyclic) bond motifs is 1. The number of hydrogen-bond acceptors (Lipinski definition) is 3. The Morgan fingerprint density at radius 2 is 2.26 bits per heavy atom. The van der Waals surface area contributed by atoms with Crippen LogP contribution in [0.4, 0.5) is 0 Å². The molecule has 0 amide bonds. The van der Waals surface area contributed by atoms with E-state index >= 15 is 0 Å². The van der Waals surface area contributed by atoms with Crippen LogP contribution in [0.25, 0.3) is 11.0 Å². The average Bonchev–Trinajstić information content (AvgIpc) is 2.72. The van der Waals surface area contributed by atoms with E-state index in [1.54, 1.807) is 0 Å². The molecule has 0 saturated carbocycles. The maximum absolute atomic E-state index is 6.01. The maximum atomic E-state index is 6.01. The van der Waals surface area contributed by atoms with Gasteiger partial charge in [0.25, 0.3) is 0 Å². The second-order valence-electron chi connectivity index (χ2n) is 4.40. The molecule has 4 nitrogen and oxygen atoms in total. The van der Waals surface area contributed by atoms with Gasteiger partial charge in [-0.2, -0.15) is 0 Å². The Bertz CT molecular complexity index is 539. The highest BCUT2D eigenvalue weighted by atomic mass is 35.5. The zero-order chi connectivity index (χ0) is 13.7. The van der Waals surface area contributed by atoms with Crippen LogP contribution in [0.1, 0.15) is 19.2 Å². The van der Waals surface area contributed by atoms with Crippen LogP contribution in [-0.2, 0) is 17.7 Å². The Labute approximate surface area is 118 Å². The van der Waals surface area contributed by atoms with Crippen molar-refractivity contribution in [1.29, 1.82) is 0 Å². The van der Waals surface area contributed by atoms with Crippen molar-refractivity contribution in [3.05, 3.63) is 29.0 Å². The number of nitrogens with two attached hydrogens (primary N) is 1. The molecule has 0 atom stereocenters. The van der Waals surface area contributed by atoms with E-state index in [0.717, 1.165) is 49.5 Å². The lowest BCUT2D eigenvalue weighted by Gasteiger charge is -2.08. The van der Waals surface area contributed by atoms with Gasteiger partial charge in [-0.1, -0.05) is 11.6 Å². The normalized spacial score (nSPS) is 11.3. The van der Waals surface area contributed by atoms with Crippen LogP contribution in [0.5, 0.6) is 0 Å². The lowest BCUT2D eigenvalue weighted by molar-refractivity contribution is 0.141. The quantitative estimate of drug-likeness (QED) is 0.794. The number of aromatic nitrogens is 2. The Morgan fingerprint density at radius 3 is 3.00 bits per heavy atom. The van der Waals surface area contributed by atoms with Crippen LogP contribution in [0.3, 0.4) is 0 Å². The molecule has 19 heavy (non-hydrogen) atoms. The molecule has 1 aromatic carbocycles. The fourth-order valence-electron chi connectivity index (χ4n) is 2.19. The highest BCUT2D eigenvalue weighted by Gasteiger charge is 2.10. The van der Waals surface area contributed by atoms with E-state index < -0.39 is 0 Å². The summed E-state index contributed by atoms with van der Waals surface area (Å²) in [6.45, 7) is 5.03. The van der Waals surface area contributed by atoms with Gasteiger partial charge in [0.1, 0.15) is 5.82 Å². The number of nitrogens with zero attached hydrogens (tertiary/aromatic N) is 2. The topological polar surface area (TPSA) is 53.1 Å². The minimum absolute atomic E-state index is 0.600. The summed E-state index contributed by atoms with van der Waals surface area (Å²) in [4.78, 5) is 4.62. The van der Waals surface area contributed by atoms with Gasteiger partial charge in [-0.25, -0.2) is 4.98 Å². The highest BCUT2D eigenvalue weighted by molar-refractivity contribution is 6.31. The fourth-order valence-corrected chi connectivity index (χ4v) is 2.36. The number of imidazole rings is 1. The number of ether oxygens (including phenoxy) is 1. The van der Waals surface area contributed by atoms with Crippen LogP contribution in [0.2, 0.25) is 5.02 Å². The summed E-state index contributed by atoms with van der Waals surface area (Å²) in [6, 6.07) is 5.82. The third-order valence-electron chi connectivity index (χ3n) is 3.03. The van der Waals surface area contributed by atoms with Gasteiger partial charge in [0, 0.05) is 31.2 Å². The lowest BCUT2D eigenvalue weighted by Crippen LogP contribution is -2.11. The first-order chi connectivity index (χ1) is 9.26. The standard InChI is InChI=1S/C14H20ClN3O/c1-2-19-9-3-8-18-13-5-4-11(15)10-12(13)17-14(18)6-7-16/h4-5,10H,2-3,6-9,16H2,1H3. The molecule has 2 rings (SSSR count). The molecule has 104 valence electrons. The van der Waals surface area contributed by atoms with Crippen molar-refractivity contribution in [1.82, 2.24) is 9.55 Å². The van der Waals surface area contributed by atoms with Gasteiger partial charge < -0.3 is 15.0 Å². The Kier molecular flexibility index (Phi) is 5.19. The Balaban J connectivity index is 2.24. The molecule has 0 bridgehead atoms. The molecule has 0 unspecified atom stereocenters. The molecule has 2 aromatic rings. The SMILES string of the molecule is CCOCCCn1c(CCN)nc2cc(Cl)ccc21. The van der Waals surface area contributed by atoms with Gasteiger partial charge in [0.15, 0.2) is 0 Å². The zero-order valence-electron chi connectivity index (χ0n) is 11.2. The minimum Gasteiger partial charge on any atom is -0.382 e. The summed E-state index contributed by atoms with van der Waals surface area (Å²) in [7, 11) is 0. The molecule has 5 heteroatoms. The van der Waals surface area contributed by atoms with Gasteiger partial charge in [-0.15, -0.1) is 0 Å². The summed E-state index contributed by atoms with van der Waals surface area (Å²) < 4.78 is 7.60. The summed E-state index contributed by atoms with van der Waals surface area (Å²) in [6.07, 6.45) is 1.75. The van der Waals surface area contributed by atoms with Crippen LogP contribution in [0, 0.1) is 0 Å². The van der Waals surface area contributed by atoms with Crippen LogP contribution in [0.15, 0.2) is 18.2 Å². The van der Waals surface area contributed by atoms with Gasteiger partial charge in [0.2, 0.25) is 0 Å². The van der Waals surface area contributed by atoms with Crippen molar-refractivity contribution in [2.45, 2.75) is 26.3 Å². The van der Waals surface area contributed by atoms with Gasteiger partial charge in [0.05, 0.1) is 11.0 Å². The van der Waals surface area contributed by atoms with E-state index in [2.05, 4.69) is 9.55 Å². The van der Waals surface area contributed by atoms with E-state index in [4.69, 9.17) is 22.1 Å². The molecule has 0 aliphatic heterocycles. The number of halogens is 1. The second kappa shape index (κ2) is 6.89. The monoisotopic (exact) mass is 281 g/mol. The molecule has 1 heterocycles. The van der Waals surface area contributed by atoms with E-state index in [1.165, 1.54) is 0 Å². The lowest BCUT2D eigenvalue weighted by atomic mass is 10.3. The molecule has 0 aliphatic carbocycles. The number of hydrogen-bond donors (Lipinski definition) is 1. The second-order valence-corrected chi connectivity index (χ2v) is 4.84.